The second kappa shape index (κ2) is 7.02. The monoisotopic (exact) mass is 382 g/mol. The average Bonchev–Trinajstić information content (AvgIpc) is 3.20. The minimum atomic E-state index is -3.60. The molecule has 0 fully saturated rings. The van der Waals surface area contributed by atoms with Crippen molar-refractivity contribution >= 4 is 33.0 Å². The van der Waals surface area contributed by atoms with E-state index < -0.39 is 10.0 Å². The van der Waals surface area contributed by atoms with E-state index in [0.717, 1.165) is 10.8 Å². The molecule has 24 heavy (non-hydrogen) atoms. The molecular formula is C15H15ClN4O2S2. The molecule has 0 spiro atoms. The topological polar surface area (TPSA) is 76.9 Å². The molecule has 0 saturated carbocycles. The van der Waals surface area contributed by atoms with Crippen LogP contribution in [0.4, 0.5) is 0 Å². The molecule has 9 heteroatoms. The van der Waals surface area contributed by atoms with E-state index in [9.17, 15) is 8.42 Å². The zero-order valence-electron chi connectivity index (χ0n) is 12.8. The van der Waals surface area contributed by atoms with Crippen LogP contribution in [0.15, 0.2) is 46.9 Å². The van der Waals surface area contributed by atoms with E-state index in [2.05, 4.69) is 14.8 Å². The number of rotatable bonds is 6. The van der Waals surface area contributed by atoms with Crippen molar-refractivity contribution < 1.29 is 8.42 Å². The molecular weight excluding hydrogens is 368 g/mol. The summed E-state index contributed by atoms with van der Waals surface area (Å²) in [6, 6.07) is 6.64. The normalized spacial score (nSPS) is 11.8. The van der Waals surface area contributed by atoms with Gasteiger partial charge in [0.05, 0.1) is 10.6 Å². The first-order chi connectivity index (χ1) is 11.5. The van der Waals surface area contributed by atoms with Crippen molar-refractivity contribution in [2.24, 2.45) is 0 Å². The average molecular weight is 383 g/mol. The number of hydrogen-bond acceptors (Lipinski definition) is 5. The van der Waals surface area contributed by atoms with Crippen molar-refractivity contribution in [3.8, 4) is 5.13 Å². The van der Waals surface area contributed by atoms with Crippen molar-refractivity contribution in [1.29, 1.82) is 0 Å². The summed E-state index contributed by atoms with van der Waals surface area (Å²) in [5.41, 5.74) is 1.47. The highest BCUT2D eigenvalue weighted by Gasteiger charge is 2.17. The zero-order valence-corrected chi connectivity index (χ0v) is 15.2. The Morgan fingerprint density at radius 2 is 2.21 bits per heavy atom. The van der Waals surface area contributed by atoms with Crippen molar-refractivity contribution in [2.75, 3.05) is 6.54 Å². The molecule has 126 valence electrons. The molecule has 0 aliphatic rings. The van der Waals surface area contributed by atoms with Crippen LogP contribution in [0.2, 0.25) is 5.02 Å². The molecule has 1 N–H and O–H groups in total. The van der Waals surface area contributed by atoms with Gasteiger partial charge in [0.15, 0.2) is 0 Å². The van der Waals surface area contributed by atoms with Crippen LogP contribution < -0.4 is 4.72 Å². The molecule has 0 bridgehead atoms. The second-order valence-electron chi connectivity index (χ2n) is 5.13. The fourth-order valence-corrected chi connectivity index (χ4v) is 4.49. The third kappa shape index (κ3) is 3.84. The summed E-state index contributed by atoms with van der Waals surface area (Å²) in [7, 11) is -3.60. The van der Waals surface area contributed by atoms with Gasteiger partial charge in [0, 0.05) is 35.8 Å². The van der Waals surface area contributed by atoms with E-state index in [1.54, 1.807) is 29.9 Å². The number of aromatic nitrogens is 3. The Kier molecular flexibility index (Phi) is 5.00. The van der Waals surface area contributed by atoms with E-state index in [1.165, 1.54) is 17.4 Å². The van der Waals surface area contributed by atoms with E-state index in [0.29, 0.717) is 17.0 Å². The molecule has 3 rings (SSSR count). The Morgan fingerprint density at radius 1 is 1.38 bits per heavy atom. The van der Waals surface area contributed by atoms with E-state index >= 15 is 0 Å². The van der Waals surface area contributed by atoms with Gasteiger partial charge in [-0.2, -0.15) is 5.10 Å². The lowest BCUT2D eigenvalue weighted by Crippen LogP contribution is -2.26. The van der Waals surface area contributed by atoms with E-state index in [1.807, 2.05) is 17.6 Å². The van der Waals surface area contributed by atoms with Crippen LogP contribution in [0.25, 0.3) is 5.13 Å². The maximum absolute atomic E-state index is 12.4. The van der Waals surface area contributed by atoms with Crippen LogP contribution in [0.3, 0.4) is 0 Å². The predicted molar refractivity (Wildman–Crippen MR) is 94.3 cm³/mol. The van der Waals surface area contributed by atoms with Crippen LogP contribution in [-0.2, 0) is 16.4 Å². The lowest BCUT2D eigenvalue weighted by atomic mass is 10.2. The smallest absolute Gasteiger partial charge is 0.223 e. The van der Waals surface area contributed by atoms with Gasteiger partial charge >= 0.3 is 0 Å². The Labute approximate surface area is 149 Å². The van der Waals surface area contributed by atoms with Crippen LogP contribution in [0, 0.1) is 6.92 Å². The standard InChI is InChI=1S/C15H15ClN4O2S2/c1-11-3-4-12(16)9-14(11)24(21,22)18-7-5-13-10-23-15(19-13)20-8-2-6-17-20/h2-4,6,8-10,18H,5,7H2,1H3. The van der Waals surface area contributed by atoms with Gasteiger partial charge in [-0.1, -0.05) is 17.7 Å². The minimum Gasteiger partial charge on any atom is -0.223 e. The minimum absolute atomic E-state index is 0.200. The van der Waals surface area contributed by atoms with Gasteiger partial charge in [0.1, 0.15) is 0 Å². The largest absolute Gasteiger partial charge is 0.240 e. The quantitative estimate of drug-likeness (QED) is 0.711. The summed E-state index contributed by atoms with van der Waals surface area (Å²) < 4.78 is 29.0. The molecule has 0 amide bonds. The Hall–Kier alpha value is -1.74. The summed E-state index contributed by atoms with van der Waals surface area (Å²) in [6.45, 7) is 2.00. The molecule has 0 saturated heterocycles. The highest BCUT2D eigenvalue weighted by molar-refractivity contribution is 7.89. The second-order valence-corrected chi connectivity index (χ2v) is 8.14. The maximum atomic E-state index is 12.4. The Morgan fingerprint density at radius 3 is 2.96 bits per heavy atom. The van der Waals surface area contributed by atoms with Gasteiger partial charge in [-0.25, -0.2) is 22.8 Å². The van der Waals surface area contributed by atoms with Crippen LogP contribution >= 0.6 is 22.9 Å². The number of halogens is 1. The fourth-order valence-electron chi connectivity index (χ4n) is 2.15. The summed E-state index contributed by atoms with van der Waals surface area (Å²) >= 11 is 7.36. The van der Waals surface area contributed by atoms with Crippen molar-refractivity contribution in [3.05, 3.63) is 58.3 Å². The van der Waals surface area contributed by atoms with Crippen molar-refractivity contribution in [1.82, 2.24) is 19.5 Å². The molecule has 0 atom stereocenters. The van der Waals surface area contributed by atoms with Crippen LogP contribution in [0.5, 0.6) is 0 Å². The highest BCUT2D eigenvalue weighted by Crippen LogP contribution is 2.20. The van der Waals surface area contributed by atoms with Gasteiger partial charge in [0.2, 0.25) is 15.2 Å². The molecule has 0 unspecified atom stereocenters. The molecule has 0 radical (unpaired) electrons. The Bertz CT molecular complexity index is 936. The first-order valence-corrected chi connectivity index (χ1v) is 9.90. The number of hydrogen-bond donors (Lipinski definition) is 1. The number of sulfonamides is 1. The third-order valence-corrected chi connectivity index (χ3v) is 6.07. The van der Waals surface area contributed by atoms with E-state index in [-0.39, 0.29) is 11.4 Å². The van der Waals surface area contributed by atoms with Crippen molar-refractivity contribution in [2.45, 2.75) is 18.2 Å². The molecule has 2 aromatic heterocycles. The highest BCUT2D eigenvalue weighted by atomic mass is 35.5. The lowest BCUT2D eigenvalue weighted by molar-refractivity contribution is 0.580. The fraction of sp³-hybridized carbons (Fsp3) is 0.200. The van der Waals surface area contributed by atoms with Gasteiger partial charge in [0.25, 0.3) is 0 Å². The van der Waals surface area contributed by atoms with Gasteiger partial charge in [-0.3, -0.25) is 0 Å². The summed E-state index contributed by atoms with van der Waals surface area (Å²) in [6.07, 6.45) is 3.99. The van der Waals surface area contributed by atoms with Crippen LogP contribution in [0.1, 0.15) is 11.3 Å². The molecule has 0 aliphatic carbocycles. The number of benzene rings is 1. The molecule has 1 aromatic carbocycles. The summed E-state index contributed by atoms with van der Waals surface area (Å²) in [5, 5.41) is 7.16. The molecule has 3 aromatic rings. The first kappa shape index (κ1) is 17.1. The predicted octanol–water partition coefficient (Wildman–Crippen LogP) is 2.81. The summed E-state index contributed by atoms with van der Waals surface area (Å²) in [4.78, 5) is 4.64. The maximum Gasteiger partial charge on any atom is 0.240 e. The first-order valence-electron chi connectivity index (χ1n) is 7.16. The molecule has 0 aliphatic heterocycles. The Balaban J connectivity index is 1.64. The number of nitrogens with zero attached hydrogens (tertiary/aromatic N) is 3. The summed E-state index contributed by atoms with van der Waals surface area (Å²) in [5.74, 6) is 0. The number of nitrogens with one attached hydrogen (secondary N) is 1. The SMILES string of the molecule is Cc1ccc(Cl)cc1S(=O)(=O)NCCc1csc(-n2cccn2)n1. The molecule has 6 nitrogen and oxygen atoms in total. The zero-order chi connectivity index (χ0) is 17.2. The number of aryl methyl sites for hydroxylation is 1. The number of thiazole rings is 1. The lowest BCUT2D eigenvalue weighted by Gasteiger charge is -2.09. The molecule has 2 heterocycles. The van der Waals surface area contributed by atoms with Gasteiger partial charge in [-0.15, -0.1) is 11.3 Å². The van der Waals surface area contributed by atoms with E-state index in [4.69, 9.17) is 11.6 Å². The van der Waals surface area contributed by atoms with Gasteiger partial charge < -0.3 is 0 Å². The third-order valence-electron chi connectivity index (χ3n) is 3.35. The van der Waals surface area contributed by atoms with Crippen LogP contribution in [-0.4, -0.2) is 29.7 Å². The van der Waals surface area contributed by atoms with Gasteiger partial charge in [-0.05, 0) is 30.7 Å². The van der Waals surface area contributed by atoms with Crippen molar-refractivity contribution in [3.63, 3.8) is 0 Å².